The molecule has 0 bridgehead atoms. The lowest BCUT2D eigenvalue weighted by Crippen LogP contribution is -2.16. The fourth-order valence-corrected chi connectivity index (χ4v) is 2.57. The third-order valence-corrected chi connectivity index (χ3v) is 3.91. The largest absolute Gasteiger partial charge is 0.486 e. The molecule has 0 saturated heterocycles. The van der Waals surface area contributed by atoms with Crippen molar-refractivity contribution in [1.82, 2.24) is 0 Å². The first-order valence-electron chi connectivity index (χ1n) is 8.02. The molecular formula is C19H18FNO4. The van der Waals surface area contributed by atoms with Crippen molar-refractivity contribution >= 4 is 17.4 Å². The minimum absolute atomic E-state index is 0.0457. The molecule has 2 aromatic carbocycles. The second-order valence-electron chi connectivity index (χ2n) is 5.79. The van der Waals surface area contributed by atoms with Crippen LogP contribution in [-0.4, -0.2) is 24.9 Å². The highest BCUT2D eigenvalue weighted by Crippen LogP contribution is 2.31. The number of carbonyl (C=O) groups excluding carboxylic acids is 2. The van der Waals surface area contributed by atoms with Crippen LogP contribution in [0.4, 0.5) is 10.1 Å². The second kappa shape index (κ2) is 7.34. The Morgan fingerprint density at radius 2 is 1.80 bits per heavy atom. The summed E-state index contributed by atoms with van der Waals surface area (Å²) in [6.07, 6.45) is 0.121. The highest BCUT2D eigenvalue weighted by molar-refractivity contribution is 6.00. The van der Waals surface area contributed by atoms with Crippen molar-refractivity contribution in [3.8, 4) is 11.5 Å². The summed E-state index contributed by atoms with van der Waals surface area (Å²) in [5.74, 6) is 0.364. The number of halogens is 1. The van der Waals surface area contributed by atoms with Crippen molar-refractivity contribution in [2.45, 2.75) is 19.8 Å². The van der Waals surface area contributed by atoms with Crippen LogP contribution in [-0.2, 0) is 4.79 Å². The predicted molar refractivity (Wildman–Crippen MR) is 90.8 cm³/mol. The molecule has 3 rings (SSSR count). The third kappa shape index (κ3) is 4.15. The van der Waals surface area contributed by atoms with Crippen LogP contribution < -0.4 is 14.8 Å². The third-order valence-electron chi connectivity index (χ3n) is 3.91. The van der Waals surface area contributed by atoms with Gasteiger partial charge in [-0.25, -0.2) is 4.39 Å². The molecule has 1 heterocycles. The Balaban J connectivity index is 1.57. The maximum Gasteiger partial charge on any atom is 0.224 e. The molecule has 1 amide bonds. The van der Waals surface area contributed by atoms with Gasteiger partial charge in [0.15, 0.2) is 17.3 Å². The number of anilines is 1. The number of Topliss-reactive ketones (excluding diaryl/α,β-unsaturated/α-hetero) is 1. The maximum absolute atomic E-state index is 13.1. The molecule has 130 valence electrons. The van der Waals surface area contributed by atoms with E-state index in [-0.39, 0.29) is 30.3 Å². The zero-order valence-corrected chi connectivity index (χ0v) is 13.8. The summed E-state index contributed by atoms with van der Waals surface area (Å²) in [6.45, 7) is 2.65. The summed E-state index contributed by atoms with van der Waals surface area (Å²) in [5.41, 5.74) is 1.65. The Morgan fingerprint density at radius 3 is 2.56 bits per heavy atom. The van der Waals surface area contributed by atoms with Gasteiger partial charge in [-0.05, 0) is 48.9 Å². The van der Waals surface area contributed by atoms with Crippen LogP contribution in [0.5, 0.6) is 11.5 Å². The summed E-state index contributed by atoms with van der Waals surface area (Å²) >= 11 is 0. The van der Waals surface area contributed by atoms with E-state index in [2.05, 4.69) is 5.32 Å². The van der Waals surface area contributed by atoms with Crippen LogP contribution >= 0.6 is 0 Å². The number of ether oxygens (including phenoxy) is 2. The standard InChI is InChI=1S/C19H18FNO4/c1-12-10-14(20)3-4-15(12)21-19(23)7-5-16(22)13-2-6-17-18(11-13)25-9-8-24-17/h2-4,6,10-11H,5,7-9H2,1H3,(H,21,23). The molecule has 1 aliphatic heterocycles. The molecule has 1 aliphatic rings. The van der Waals surface area contributed by atoms with Crippen LogP contribution in [0.25, 0.3) is 0 Å². The average Bonchev–Trinajstić information content (AvgIpc) is 2.61. The average molecular weight is 343 g/mol. The van der Waals surface area contributed by atoms with Crippen LogP contribution in [0.3, 0.4) is 0 Å². The number of rotatable bonds is 5. The molecule has 1 N–H and O–H groups in total. The van der Waals surface area contributed by atoms with Gasteiger partial charge in [0.25, 0.3) is 0 Å². The normalized spacial score (nSPS) is 12.6. The molecule has 0 saturated carbocycles. The van der Waals surface area contributed by atoms with E-state index < -0.39 is 0 Å². The second-order valence-corrected chi connectivity index (χ2v) is 5.79. The first kappa shape index (κ1) is 17.0. The molecule has 5 nitrogen and oxygen atoms in total. The number of hydrogen-bond acceptors (Lipinski definition) is 4. The van der Waals surface area contributed by atoms with Gasteiger partial charge in [-0.15, -0.1) is 0 Å². The molecule has 0 fully saturated rings. The molecule has 0 radical (unpaired) electrons. The molecule has 0 spiro atoms. The van der Waals surface area contributed by atoms with E-state index in [0.29, 0.717) is 41.5 Å². The number of aryl methyl sites for hydroxylation is 1. The molecular weight excluding hydrogens is 325 g/mol. The molecule has 0 unspecified atom stereocenters. The van der Waals surface area contributed by atoms with E-state index in [0.717, 1.165) is 0 Å². The molecule has 0 aromatic heterocycles. The van der Waals surface area contributed by atoms with Crippen molar-refractivity contribution in [2.24, 2.45) is 0 Å². The Morgan fingerprint density at radius 1 is 1.04 bits per heavy atom. The smallest absolute Gasteiger partial charge is 0.224 e. The SMILES string of the molecule is Cc1cc(F)ccc1NC(=O)CCC(=O)c1ccc2c(c1)OCCO2. The summed E-state index contributed by atoms with van der Waals surface area (Å²) < 4.78 is 23.9. The number of nitrogens with one attached hydrogen (secondary N) is 1. The van der Waals surface area contributed by atoms with E-state index in [1.165, 1.54) is 18.2 Å². The number of amides is 1. The van der Waals surface area contributed by atoms with Crippen molar-refractivity contribution < 1.29 is 23.5 Å². The summed E-state index contributed by atoms with van der Waals surface area (Å²) in [6, 6.07) is 9.13. The summed E-state index contributed by atoms with van der Waals surface area (Å²) in [7, 11) is 0. The Kier molecular flexibility index (Phi) is 4.97. The first-order chi connectivity index (χ1) is 12.0. The lowest BCUT2D eigenvalue weighted by atomic mass is 10.1. The maximum atomic E-state index is 13.1. The van der Waals surface area contributed by atoms with Gasteiger partial charge in [0.05, 0.1) is 0 Å². The number of fused-ring (bicyclic) bond motifs is 1. The lowest BCUT2D eigenvalue weighted by molar-refractivity contribution is -0.116. The van der Waals surface area contributed by atoms with Gasteiger partial charge >= 0.3 is 0 Å². The predicted octanol–water partition coefficient (Wildman–Crippen LogP) is 3.51. The van der Waals surface area contributed by atoms with Gasteiger partial charge in [0.1, 0.15) is 19.0 Å². The Bertz CT molecular complexity index is 819. The summed E-state index contributed by atoms with van der Waals surface area (Å²) in [5, 5.41) is 2.69. The molecule has 6 heteroatoms. The fraction of sp³-hybridized carbons (Fsp3) is 0.263. The zero-order valence-electron chi connectivity index (χ0n) is 13.8. The van der Waals surface area contributed by atoms with Gasteiger partial charge < -0.3 is 14.8 Å². The van der Waals surface area contributed by atoms with Gasteiger partial charge in [-0.1, -0.05) is 0 Å². The van der Waals surface area contributed by atoms with Crippen LogP contribution in [0.15, 0.2) is 36.4 Å². The Labute approximate surface area is 144 Å². The quantitative estimate of drug-likeness (QED) is 0.844. The van der Waals surface area contributed by atoms with Crippen molar-refractivity contribution in [3.05, 3.63) is 53.3 Å². The summed E-state index contributed by atoms with van der Waals surface area (Å²) in [4.78, 5) is 24.3. The van der Waals surface area contributed by atoms with Crippen LogP contribution in [0.2, 0.25) is 0 Å². The number of benzene rings is 2. The fourth-order valence-electron chi connectivity index (χ4n) is 2.57. The van der Waals surface area contributed by atoms with Crippen molar-refractivity contribution in [1.29, 1.82) is 0 Å². The minimum atomic E-state index is -0.357. The lowest BCUT2D eigenvalue weighted by Gasteiger charge is -2.18. The molecule has 0 aliphatic carbocycles. The van der Waals surface area contributed by atoms with E-state index in [4.69, 9.17) is 9.47 Å². The molecule has 2 aromatic rings. The molecule has 0 atom stereocenters. The van der Waals surface area contributed by atoms with E-state index in [9.17, 15) is 14.0 Å². The van der Waals surface area contributed by atoms with Gasteiger partial charge in [-0.3, -0.25) is 9.59 Å². The number of hydrogen-bond donors (Lipinski definition) is 1. The van der Waals surface area contributed by atoms with Crippen molar-refractivity contribution in [2.75, 3.05) is 18.5 Å². The highest BCUT2D eigenvalue weighted by Gasteiger charge is 2.16. The minimum Gasteiger partial charge on any atom is -0.486 e. The zero-order chi connectivity index (χ0) is 17.8. The van der Waals surface area contributed by atoms with Crippen LogP contribution in [0.1, 0.15) is 28.8 Å². The van der Waals surface area contributed by atoms with Crippen molar-refractivity contribution in [3.63, 3.8) is 0 Å². The van der Waals surface area contributed by atoms with Gasteiger partial charge in [-0.2, -0.15) is 0 Å². The van der Waals surface area contributed by atoms with E-state index >= 15 is 0 Å². The van der Waals surface area contributed by atoms with Gasteiger partial charge in [0, 0.05) is 24.1 Å². The monoisotopic (exact) mass is 343 g/mol. The van der Waals surface area contributed by atoms with Gasteiger partial charge in [0.2, 0.25) is 5.91 Å². The molecule has 25 heavy (non-hydrogen) atoms. The first-order valence-corrected chi connectivity index (χ1v) is 8.02. The highest BCUT2D eigenvalue weighted by atomic mass is 19.1. The van der Waals surface area contributed by atoms with Crippen LogP contribution in [0, 0.1) is 12.7 Å². The van der Waals surface area contributed by atoms with E-state index in [1.807, 2.05) is 0 Å². The number of carbonyl (C=O) groups is 2. The topological polar surface area (TPSA) is 64.6 Å². The number of ketones is 1. The Hall–Kier alpha value is -2.89. The van der Waals surface area contributed by atoms with E-state index in [1.54, 1.807) is 25.1 Å².